The summed E-state index contributed by atoms with van der Waals surface area (Å²) < 4.78 is 12.1. The van der Waals surface area contributed by atoms with Gasteiger partial charge in [-0.15, -0.1) is 11.3 Å². The van der Waals surface area contributed by atoms with Gasteiger partial charge in [0.15, 0.2) is 3.95 Å². The molecule has 0 spiro atoms. The monoisotopic (exact) mass is 483 g/mol. The van der Waals surface area contributed by atoms with Crippen molar-refractivity contribution in [2.45, 2.75) is 64.7 Å². The van der Waals surface area contributed by atoms with E-state index in [0.29, 0.717) is 10.4 Å². The van der Waals surface area contributed by atoms with Crippen LogP contribution in [-0.2, 0) is 17.3 Å². The van der Waals surface area contributed by atoms with E-state index in [2.05, 4.69) is 57.8 Å². The summed E-state index contributed by atoms with van der Waals surface area (Å²) in [4.78, 5) is 3.61. The van der Waals surface area contributed by atoms with Gasteiger partial charge in [0.05, 0.1) is 19.1 Å². The normalized spacial score (nSPS) is 16.3. The zero-order valence-electron chi connectivity index (χ0n) is 20.5. The summed E-state index contributed by atoms with van der Waals surface area (Å²) in [6.07, 6.45) is 2.87. The first-order valence-electron chi connectivity index (χ1n) is 11.3. The predicted octanol–water partition coefficient (Wildman–Crippen LogP) is 7.44. The van der Waals surface area contributed by atoms with Gasteiger partial charge in [-0.1, -0.05) is 33.8 Å². The van der Waals surface area contributed by atoms with Crippen molar-refractivity contribution in [3.8, 4) is 28.5 Å². The predicted molar refractivity (Wildman–Crippen MR) is 139 cm³/mol. The lowest BCUT2D eigenvalue weighted by atomic mass is 9.62. The third-order valence-corrected chi connectivity index (χ3v) is 8.37. The number of fused-ring (bicyclic) bond motifs is 1. The fraction of sp³-hybridized carbons (Fsp3) is 0.444. The molecule has 0 aliphatic heterocycles. The molecule has 0 amide bonds. The van der Waals surface area contributed by atoms with Crippen molar-refractivity contribution in [2.24, 2.45) is 0 Å². The molecule has 1 aliphatic carbocycles. The molecule has 0 unspecified atom stereocenters. The second-order valence-electron chi connectivity index (χ2n) is 10.3. The largest absolute Gasteiger partial charge is 0.496 e. The Morgan fingerprint density at radius 2 is 1.55 bits per heavy atom. The minimum Gasteiger partial charge on any atom is -0.496 e. The van der Waals surface area contributed by atoms with E-state index in [9.17, 15) is 5.11 Å². The Labute approximate surface area is 205 Å². The SMILES string of the molecule is COc1cc(OC)c(-c2cc3c(cc2C)C(C)(C)CCC3(C)C)cc1Cc1sc(=S)[nH]c1O. The molecule has 1 aliphatic rings. The van der Waals surface area contributed by atoms with Crippen LogP contribution in [0, 0.1) is 10.9 Å². The van der Waals surface area contributed by atoms with Crippen molar-refractivity contribution in [1.29, 1.82) is 0 Å². The molecule has 0 atom stereocenters. The van der Waals surface area contributed by atoms with Gasteiger partial charge in [-0.2, -0.15) is 0 Å². The molecule has 3 aromatic rings. The molecule has 6 heteroatoms. The standard InChI is InChI=1S/C27H33NO3S2/c1-15-10-19-20(27(4,5)9-8-26(19,2)3)13-17(15)18-11-16(21(30-6)14-22(18)31-7)12-23-24(29)28-25(32)33-23/h10-11,13-14,29H,8-9,12H2,1-7H3,(H,28,32). The molecule has 2 aromatic carbocycles. The average Bonchev–Trinajstić information content (AvgIpc) is 3.07. The number of nitrogens with one attached hydrogen (secondary N) is 1. The highest BCUT2D eigenvalue weighted by molar-refractivity contribution is 7.73. The van der Waals surface area contributed by atoms with E-state index in [4.69, 9.17) is 21.7 Å². The van der Waals surface area contributed by atoms with Gasteiger partial charge in [0.1, 0.15) is 11.5 Å². The Morgan fingerprint density at radius 3 is 2.09 bits per heavy atom. The van der Waals surface area contributed by atoms with E-state index in [1.54, 1.807) is 14.2 Å². The molecule has 1 aromatic heterocycles. The first-order chi connectivity index (χ1) is 15.5. The van der Waals surface area contributed by atoms with Crippen molar-refractivity contribution in [1.82, 2.24) is 4.98 Å². The van der Waals surface area contributed by atoms with E-state index in [1.165, 1.54) is 40.0 Å². The summed E-state index contributed by atoms with van der Waals surface area (Å²) >= 11 is 6.59. The Balaban J connectivity index is 1.91. The smallest absolute Gasteiger partial charge is 0.203 e. The average molecular weight is 484 g/mol. The molecule has 0 radical (unpaired) electrons. The van der Waals surface area contributed by atoms with Crippen molar-refractivity contribution in [2.75, 3.05) is 14.2 Å². The van der Waals surface area contributed by atoms with Crippen molar-refractivity contribution in [3.63, 3.8) is 0 Å². The van der Waals surface area contributed by atoms with Gasteiger partial charge in [-0.3, -0.25) is 0 Å². The quantitative estimate of drug-likeness (QED) is 0.370. The lowest BCUT2D eigenvalue weighted by molar-refractivity contribution is 0.332. The lowest BCUT2D eigenvalue weighted by Gasteiger charge is -2.42. The summed E-state index contributed by atoms with van der Waals surface area (Å²) in [5.41, 5.74) is 7.56. The maximum absolute atomic E-state index is 10.2. The number of thiazole rings is 1. The van der Waals surface area contributed by atoms with Gasteiger partial charge in [0, 0.05) is 23.6 Å². The first kappa shape index (κ1) is 23.8. The number of H-pyrrole nitrogens is 1. The fourth-order valence-corrected chi connectivity index (χ4v) is 6.12. The van der Waals surface area contributed by atoms with E-state index >= 15 is 0 Å². The number of aryl methyl sites for hydroxylation is 1. The molecule has 33 heavy (non-hydrogen) atoms. The third-order valence-electron chi connectivity index (χ3n) is 7.14. The Morgan fingerprint density at radius 1 is 0.939 bits per heavy atom. The molecule has 0 saturated heterocycles. The second kappa shape index (κ2) is 8.48. The van der Waals surface area contributed by atoms with Crippen LogP contribution in [0.25, 0.3) is 11.1 Å². The summed E-state index contributed by atoms with van der Waals surface area (Å²) in [7, 11) is 3.36. The number of benzene rings is 2. The minimum atomic E-state index is 0.119. The van der Waals surface area contributed by atoms with Gasteiger partial charge >= 0.3 is 0 Å². The highest BCUT2D eigenvalue weighted by Gasteiger charge is 2.37. The molecule has 0 bridgehead atoms. The Hall–Kier alpha value is -2.31. The number of aromatic hydroxyl groups is 1. The van der Waals surface area contributed by atoms with E-state index in [1.807, 2.05) is 6.07 Å². The Bertz CT molecular complexity index is 1270. The van der Waals surface area contributed by atoms with E-state index < -0.39 is 0 Å². The van der Waals surface area contributed by atoms with Crippen molar-refractivity contribution in [3.05, 3.63) is 55.4 Å². The van der Waals surface area contributed by atoms with Crippen LogP contribution in [0.15, 0.2) is 24.3 Å². The van der Waals surface area contributed by atoms with Crippen LogP contribution in [0.2, 0.25) is 0 Å². The molecule has 4 nitrogen and oxygen atoms in total. The van der Waals surface area contributed by atoms with Crippen LogP contribution in [0.3, 0.4) is 0 Å². The summed E-state index contributed by atoms with van der Waals surface area (Å²) in [5, 5.41) is 10.2. The van der Waals surface area contributed by atoms with Crippen LogP contribution in [0.5, 0.6) is 17.4 Å². The molecular weight excluding hydrogens is 450 g/mol. The van der Waals surface area contributed by atoms with Crippen LogP contribution in [-0.4, -0.2) is 24.3 Å². The number of rotatable bonds is 5. The van der Waals surface area contributed by atoms with Crippen molar-refractivity contribution < 1.29 is 14.6 Å². The van der Waals surface area contributed by atoms with Gasteiger partial charge in [0.25, 0.3) is 0 Å². The van der Waals surface area contributed by atoms with Crippen LogP contribution in [0.4, 0.5) is 0 Å². The maximum atomic E-state index is 10.2. The van der Waals surface area contributed by atoms with Crippen LogP contribution < -0.4 is 9.47 Å². The van der Waals surface area contributed by atoms with Crippen LogP contribution >= 0.6 is 23.6 Å². The fourth-order valence-electron chi connectivity index (χ4n) is 4.97. The van der Waals surface area contributed by atoms with Crippen LogP contribution in [0.1, 0.15) is 67.7 Å². The first-order valence-corrected chi connectivity index (χ1v) is 12.5. The summed E-state index contributed by atoms with van der Waals surface area (Å²) in [6, 6.07) is 8.83. The molecule has 176 valence electrons. The van der Waals surface area contributed by atoms with Gasteiger partial charge in [-0.25, -0.2) is 0 Å². The zero-order valence-corrected chi connectivity index (χ0v) is 22.1. The number of ether oxygens (including phenoxy) is 2. The molecule has 1 heterocycles. The zero-order chi connectivity index (χ0) is 24.1. The molecule has 4 rings (SSSR count). The molecule has 0 fully saturated rings. The van der Waals surface area contributed by atoms with E-state index in [0.717, 1.165) is 33.9 Å². The topological polar surface area (TPSA) is 54.5 Å². The number of hydrogen-bond acceptors (Lipinski definition) is 5. The minimum absolute atomic E-state index is 0.119. The number of hydrogen-bond donors (Lipinski definition) is 2. The lowest BCUT2D eigenvalue weighted by Crippen LogP contribution is -2.34. The van der Waals surface area contributed by atoms with E-state index in [-0.39, 0.29) is 16.7 Å². The Kier molecular flexibility index (Phi) is 6.12. The summed E-state index contributed by atoms with van der Waals surface area (Å²) in [6.45, 7) is 11.6. The maximum Gasteiger partial charge on any atom is 0.203 e. The van der Waals surface area contributed by atoms with Gasteiger partial charge in [-0.05, 0) is 77.2 Å². The summed E-state index contributed by atoms with van der Waals surface area (Å²) in [5.74, 6) is 1.63. The number of methoxy groups -OCH3 is 2. The third kappa shape index (κ3) is 4.31. The molecular formula is C27H33NO3S2. The highest BCUT2D eigenvalue weighted by Crippen LogP contribution is 2.49. The number of aromatic amines is 1. The second-order valence-corrected chi connectivity index (χ2v) is 12.1. The van der Waals surface area contributed by atoms with Gasteiger partial charge in [0.2, 0.25) is 5.88 Å². The van der Waals surface area contributed by atoms with Crippen molar-refractivity contribution >= 4 is 23.6 Å². The van der Waals surface area contributed by atoms with Gasteiger partial charge < -0.3 is 19.6 Å². The highest BCUT2D eigenvalue weighted by atomic mass is 32.1. The molecule has 0 saturated carbocycles. The number of aromatic nitrogens is 1. The molecule has 2 N–H and O–H groups in total.